The lowest BCUT2D eigenvalue weighted by atomic mass is 10.1. The summed E-state index contributed by atoms with van der Waals surface area (Å²) >= 11 is 0. The number of hydrogen-bond acceptors (Lipinski definition) is 6. The first kappa shape index (κ1) is 20.4. The van der Waals surface area contributed by atoms with Crippen molar-refractivity contribution in [1.29, 1.82) is 0 Å². The Morgan fingerprint density at radius 2 is 2.03 bits per heavy atom. The highest BCUT2D eigenvalue weighted by Gasteiger charge is 2.27. The summed E-state index contributed by atoms with van der Waals surface area (Å²) in [6.45, 7) is 5.38. The summed E-state index contributed by atoms with van der Waals surface area (Å²) in [5.74, 6) is -1.11. The third-order valence-electron chi connectivity index (χ3n) is 6.16. The molecule has 2 amide bonds. The van der Waals surface area contributed by atoms with Crippen LogP contribution in [0.4, 0.5) is 15.8 Å². The van der Waals surface area contributed by atoms with E-state index in [9.17, 15) is 14.0 Å². The van der Waals surface area contributed by atoms with Gasteiger partial charge >= 0.3 is 0 Å². The molecule has 2 aliphatic heterocycles. The van der Waals surface area contributed by atoms with Gasteiger partial charge in [0.25, 0.3) is 5.91 Å². The van der Waals surface area contributed by atoms with E-state index in [0.717, 1.165) is 41.8 Å². The summed E-state index contributed by atoms with van der Waals surface area (Å²) in [4.78, 5) is 31.9. The van der Waals surface area contributed by atoms with Crippen molar-refractivity contribution in [2.75, 3.05) is 43.4 Å². The first-order chi connectivity index (χ1) is 15.4. The summed E-state index contributed by atoms with van der Waals surface area (Å²) in [5.41, 5.74) is 3.32. The van der Waals surface area contributed by atoms with E-state index in [2.05, 4.69) is 31.7 Å². The summed E-state index contributed by atoms with van der Waals surface area (Å²) in [6.07, 6.45) is 1.80. The molecule has 0 saturated carbocycles. The molecule has 1 saturated heterocycles. The lowest BCUT2D eigenvalue weighted by Crippen LogP contribution is -2.46. The van der Waals surface area contributed by atoms with Gasteiger partial charge in [-0.3, -0.25) is 19.2 Å². The van der Waals surface area contributed by atoms with Crippen LogP contribution in [0.5, 0.6) is 0 Å². The van der Waals surface area contributed by atoms with Crippen LogP contribution in [-0.4, -0.2) is 64.7 Å². The van der Waals surface area contributed by atoms with Gasteiger partial charge in [0, 0.05) is 45.2 Å². The van der Waals surface area contributed by atoms with E-state index in [0.29, 0.717) is 18.8 Å². The van der Waals surface area contributed by atoms with Crippen molar-refractivity contribution in [1.82, 2.24) is 25.0 Å². The molecule has 1 atom stereocenters. The maximum absolute atomic E-state index is 14.5. The molecule has 0 radical (unpaired) electrons. The molecule has 10 heteroatoms. The molecule has 32 heavy (non-hydrogen) atoms. The Labute approximate surface area is 184 Å². The molecule has 3 aromatic rings. The van der Waals surface area contributed by atoms with Crippen molar-refractivity contribution < 1.29 is 14.0 Å². The molecule has 5 rings (SSSR count). The van der Waals surface area contributed by atoms with Gasteiger partial charge in [0.05, 0.1) is 23.1 Å². The zero-order chi connectivity index (χ0) is 22.4. The highest BCUT2D eigenvalue weighted by atomic mass is 19.1. The molecule has 9 nitrogen and oxygen atoms in total. The largest absolute Gasteiger partial charge is 0.365 e. The van der Waals surface area contributed by atoms with E-state index < -0.39 is 11.9 Å². The van der Waals surface area contributed by atoms with Gasteiger partial charge in [0.1, 0.15) is 11.7 Å². The monoisotopic (exact) mass is 437 g/mol. The Kier molecular flexibility index (Phi) is 5.01. The summed E-state index contributed by atoms with van der Waals surface area (Å²) in [7, 11) is 1.49. The van der Waals surface area contributed by atoms with Crippen molar-refractivity contribution in [3.63, 3.8) is 0 Å². The number of piperazine rings is 1. The standard InChI is InChI=1S/C22H24FN7O2/c1-13-21(31)27-17-10-14(9-15-11-25-30(13)19(15)17)12-28-5-7-29(8-6-28)18-4-3-16(22(32)24-2)26-20(18)23/h3-4,9-11,13H,5-8,12H2,1-2H3,(H,24,32)(H,27,31)/t13-/m1/s1. The number of hydrogen-bond donors (Lipinski definition) is 2. The number of nitrogens with zero attached hydrogens (tertiary/aromatic N) is 5. The molecule has 0 aliphatic carbocycles. The fourth-order valence-corrected chi connectivity index (χ4v) is 4.41. The van der Waals surface area contributed by atoms with Crippen LogP contribution in [-0.2, 0) is 11.3 Å². The molecular weight excluding hydrogens is 413 g/mol. The molecule has 4 heterocycles. The minimum atomic E-state index is -0.633. The van der Waals surface area contributed by atoms with Gasteiger partial charge in [-0.15, -0.1) is 0 Å². The third-order valence-corrected chi connectivity index (χ3v) is 6.16. The van der Waals surface area contributed by atoms with Crippen LogP contribution in [0.15, 0.2) is 30.5 Å². The highest BCUT2D eigenvalue weighted by Crippen LogP contribution is 2.32. The Balaban J connectivity index is 1.27. The van der Waals surface area contributed by atoms with Crippen molar-refractivity contribution >= 4 is 34.1 Å². The third kappa shape index (κ3) is 3.46. The van der Waals surface area contributed by atoms with Crippen LogP contribution in [0, 0.1) is 5.95 Å². The first-order valence-corrected chi connectivity index (χ1v) is 10.6. The molecule has 2 aromatic heterocycles. The van der Waals surface area contributed by atoms with Gasteiger partial charge in [-0.05, 0) is 36.8 Å². The number of benzene rings is 1. The SMILES string of the molecule is CNC(=O)c1ccc(N2CCN(Cc3cc4c5c(cnn5[C@H](C)C(=O)N4)c3)CC2)c(F)n1. The smallest absolute Gasteiger partial charge is 0.269 e. The minimum absolute atomic E-state index is 0.0636. The average Bonchev–Trinajstić information content (AvgIpc) is 3.22. The second-order valence-electron chi connectivity index (χ2n) is 8.18. The Hall–Kier alpha value is -3.53. The van der Waals surface area contributed by atoms with Gasteiger partial charge < -0.3 is 15.5 Å². The lowest BCUT2D eigenvalue weighted by molar-refractivity contribution is -0.119. The molecule has 2 aliphatic rings. The number of pyridine rings is 1. The zero-order valence-electron chi connectivity index (χ0n) is 17.9. The van der Waals surface area contributed by atoms with E-state index in [-0.39, 0.29) is 17.6 Å². The minimum Gasteiger partial charge on any atom is -0.365 e. The molecule has 1 aromatic carbocycles. The van der Waals surface area contributed by atoms with Gasteiger partial charge in [-0.2, -0.15) is 9.49 Å². The van der Waals surface area contributed by atoms with Crippen LogP contribution in [0.1, 0.15) is 29.0 Å². The fraction of sp³-hybridized carbons (Fsp3) is 0.364. The average molecular weight is 437 g/mol. The first-order valence-electron chi connectivity index (χ1n) is 10.6. The van der Waals surface area contributed by atoms with Gasteiger partial charge in [0.15, 0.2) is 0 Å². The number of halogens is 1. The van der Waals surface area contributed by atoms with E-state index in [1.807, 2.05) is 17.9 Å². The molecule has 2 N–H and O–H groups in total. The van der Waals surface area contributed by atoms with Crippen molar-refractivity contribution in [3.05, 3.63) is 47.7 Å². The number of nitrogens with one attached hydrogen (secondary N) is 2. The molecule has 1 fully saturated rings. The van der Waals surface area contributed by atoms with Crippen molar-refractivity contribution in [2.45, 2.75) is 19.5 Å². The van der Waals surface area contributed by atoms with Crippen molar-refractivity contribution in [2.24, 2.45) is 0 Å². The van der Waals surface area contributed by atoms with Gasteiger partial charge in [-0.1, -0.05) is 0 Å². The van der Waals surface area contributed by atoms with E-state index in [1.54, 1.807) is 23.0 Å². The Morgan fingerprint density at radius 3 is 2.75 bits per heavy atom. The predicted octanol–water partition coefficient (Wildman–Crippen LogP) is 1.77. The quantitative estimate of drug-likeness (QED) is 0.604. The fourth-order valence-electron chi connectivity index (χ4n) is 4.41. The second-order valence-corrected chi connectivity index (χ2v) is 8.18. The van der Waals surface area contributed by atoms with Crippen molar-refractivity contribution in [3.8, 4) is 0 Å². The number of anilines is 2. The van der Waals surface area contributed by atoms with Gasteiger partial charge in [-0.25, -0.2) is 4.98 Å². The van der Waals surface area contributed by atoms with Gasteiger partial charge in [0.2, 0.25) is 11.9 Å². The topological polar surface area (TPSA) is 95.4 Å². The summed E-state index contributed by atoms with van der Waals surface area (Å²) < 4.78 is 16.3. The molecular formula is C22H24FN7O2. The number of rotatable bonds is 4. The maximum Gasteiger partial charge on any atom is 0.269 e. The van der Waals surface area contributed by atoms with E-state index in [1.165, 1.54) is 7.05 Å². The Bertz CT molecular complexity index is 1220. The van der Waals surface area contributed by atoms with E-state index >= 15 is 0 Å². The van der Waals surface area contributed by atoms with E-state index in [4.69, 9.17) is 0 Å². The predicted molar refractivity (Wildman–Crippen MR) is 118 cm³/mol. The molecule has 0 bridgehead atoms. The lowest BCUT2D eigenvalue weighted by Gasteiger charge is -2.36. The van der Waals surface area contributed by atoms with Crippen LogP contribution in [0.2, 0.25) is 0 Å². The maximum atomic E-state index is 14.5. The zero-order valence-corrected chi connectivity index (χ0v) is 17.9. The second kappa shape index (κ2) is 7.86. The molecule has 0 unspecified atom stereocenters. The van der Waals surface area contributed by atoms with Crippen LogP contribution >= 0.6 is 0 Å². The number of amides is 2. The Morgan fingerprint density at radius 1 is 1.25 bits per heavy atom. The van der Waals surface area contributed by atoms with Crippen LogP contribution in [0.25, 0.3) is 10.9 Å². The highest BCUT2D eigenvalue weighted by molar-refractivity contribution is 6.05. The number of carbonyl (C=O) groups is 2. The molecule has 0 spiro atoms. The summed E-state index contributed by atoms with van der Waals surface area (Å²) in [6, 6.07) is 6.96. The number of aromatic nitrogens is 3. The molecule has 166 valence electrons. The summed E-state index contributed by atoms with van der Waals surface area (Å²) in [5, 5.41) is 10.8. The normalized spacial score (nSPS) is 18.7. The number of carbonyl (C=O) groups excluding carboxylic acids is 2. The van der Waals surface area contributed by atoms with Crippen LogP contribution < -0.4 is 15.5 Å². The van der Waals surface area contributed by atoms with Crippen LogP contribution in [0.3, 0.4) is 0 Å².